The highest BCUT2D eigenvalue weighted by atomic mass is 32.2. The molecular weight excluding hydrogens is 264 g/mol. The van der Waals surface area contributed by atoms with Crippen molar-refractivity contribution >= 4 is 11.8 Å². The molecule has 0 saturated heterocycles. The van der Waals surface area contributed by atoms with Gasteiger partial charge in [0.2, 0.25) is 0 Å². The molecule has 0 aromatic heterocycles. The lowest BCUT2D eigenvalue weighted by atomic mass is 9.89. The summed E-state index contributed by atoms with van der Waals surface area (Å²) in [5.41, 5.74) is 1.18. The van der Waals surface area contributed by atoms with Gasteiger partial charge in [0.05, 0.1) is 11.5 Å². The molecule has 3 heteroatoms. The number of unbranched alkanes of at least 4 members (excludes halogenated alkanes) is 1. The minimum absolute atomic E-state index is 0.170. The van der Waals surface area contributed by atoms with Crippen LogP contribution in [-0.4, -0.2) is 12.3 Å². The zero-order valence-corrected chi connectivity index (χ0v) is 13.7. The van der Waals surface area contributed by atoms with Crippen molar-refractivity contribution in [3.8, 4) is 6.07 Å². The number of nitrogens with one attached hydrogen (secondary N) is 1. The predicted octanol–water partition coefficient (Wildman–Crippen LogP) is 4.61. The van der Waals surface area contributed by atoms with Crippen molar-refractivity contribution in [3.63, 3.8) is 0 Å². The molecule has 0 amide bonds. The minimum atomic E-state index is -0.170. The smallest absolute Gasteiger partial charge is 0.0683 e. The van der Waals surface area contributed by atoms with Gasteiger partial charge in [0.25, 0.3) is 0 Å². The lowest BCUT2D eigenvalue weighted by Gasteiger charge is -2.14. The Kier molecular flexibility index (Phi) is 7.72. The van der Waals surface area contributed by atoms with E-state index in [4.69, 9.17) is 5.26 Å². The summed E-state index contributed by atoms with van der Waals surface area (Å²) in [4.78, 5) is 1.35. The zero-order chi connectivity index (χ0) is 14.8. The quantitative estimate of drug-likeness (QED) is 0.533. The molecule has 0 heterocycles. The van der Waals surface area contributed by atoms with Crippen molar-refractivity contribution in [2.75, 3.05) is 12.3 Å². The maximum Gasteiger partial charge on any atom is 0.0683 e. The average Bonchev–Trinajstić information content (AvgIpc) is 2.45. The molecule has 0 atom stereocenters. The molecule has 0 saturated carbocycles. The molecule has 20 heavy (non-hydrogen) atoms. The maximum absolute atomic E-state index is 8.97. The average molecular weight is 290 g/mol. The van der Waals surface area contributed by atoms with E-state index in [9.17, 15) is 0 Å². The molecule has 0 bridgehead atoms. The first-order valence-electron chi connectivity index (χ1n) is 7.41. The highest BCUT2D eigenvalue weighted by Crippen LogP contribution is 2.24. The third kappa shape index (κ3) is 6.98. The Morgan fingerprint density at radius 1 is 1.30 bits per heavy atom. The van der Waals surface area contributed by atoms with Crippen molar-refractivity contribution in [2.24, 2.45) is 5.41 Å². The van der Waals surface area contributed by atoms with Crippen molar-refractivity contribution < 1.29 is 0 Å². The first-order valence-corrected chi connectivity index (χ1v) is 8.39. The van der Waals surface area contributed by atoms with Crippen LogP contribution in [0.3, 0.4) is 0 Å². The molecule has 0 aliphatic carbocycles. The fourth-order valence-electron chi connectivity index (χ4n) is 1.93. The van der Waals surface area contributed by atoms with Gasteiger partial charge >= 0.3 is 0 Å². The normalized spacial score (nSPS) is 11.3. The van der Waals surface area contributed by atoms with Crippen LogP contribution in [0.2, 0.25) is 0 Å². The van der Waals surface area contributed by atoms with Crippen molar-refractivity contribution in [2.45, 2.75) is 51.5 Å². The Bertz CT molecular complexity index is 435. The summed E-state index contributed by atoms with van der Waals surface area (Å²) in [5, 5.41) is 12.3. The van der Waals surface area contributed by atoms with Gasteiger partial charge in [-0.15, -0.1) is 11.8 Å². The number of rotatable bonds is 9. The van der Waals surface area contributed by atoms with E-state index in [0.29, 0.717) is 0 Å². The van der Waals surface area contributed by atoms with E-state index in [2.05, 4.69) is 42.6 Å². The van der Waals surface area contributed by atoms with E-state index in [-0.39, 0.29) is 5.41 Å². The Labute approximate surface area is 128 Å². The number of hydrogen-bond acceptors (Lipinski definition) is 3. The fraction of sp³-hybridized carbons (Fsp3) is 0.588. The molecule has 1 rings (SSSR count). The van der Waals surface area contributed by atoms with Crippen LogP contribution in [0.25, 0.3) is 0 Å². The Hall–Kier alpha value is -0.980. The molecule has 2 nitrogen and oxygen atoms in total. The summed E-state index contributed by atoms with van der Waals surface area (Å²) >= 11 is 1.92. The lowest BCUT2D eigenvalue weighted by Crippen LogP contribution is -2.11. The van der Waals surface area contributed by atoms with Crippen LogP contribution in [0.15, 0.2) is 29.2 Å². The summed E-state index contributed by atoms with van der Waals surface area (Å²) in [7, 11) is 0. The largest absolute Gasteiger partial charge is 0.313 e. The molecule has 0 radical (unpaired) electrons. The molecule has 0 unspecified atom stereocenters. The van der Waals surface area contributed by atoms with Gasteiger partial charge in [-0.05, 0) is 56.7 Å². The number of benzene rings is 1. The van der Waals surface area contributed by atoms with Crippen LogP contribution >= 0.6 is 11.8 Å². The van der Waals surface area contributed by atoms with Crippen LogP contribution in [0.1, 0.15) is 45.6 Å². The highest BCUT2D eigenvalue weighted by Gasteiger charge is 2.15. The van der Waals surface area contributed by atoms with Crippen molar-refractivity contribution in [3.05, 3.63) is 29.8 Å². The maximum atomic E-state index is 8.97. The summed E-state index contributed by atoms with van der Waals surface area (Å²) in [5.74, 6) is 1.13. The molecule has 0 aliphatic rings. The van der Waals surface area contributed by atoms with Crippen molar-refractivity contribution in [1.82, 2.24) is 5.32 Å². The first kappa shape index (κ1) is 17.1. The van der Waals surface area contributed by atoms with Gasteiger partial charge in [0.1, 0.15) is 0 Å². The minimum Gasteiger partial charge on any atom is -0.313 e. The molecule has 1 N–H and O–H groups in total. The second kappa shape index (κ2) is 9.05. The number of nitrogens with zero attached hydrogens (tertiary/aromatic N) is 1. The third-order valence-corrected chi connectivity index (χ3v) is 4.33. The van der Waals surface area contributed by atoms with Gasteiger partial charge in [0, 0.05) is 11.4 Å². The summed E-state index contributed by atoms with van der Waals surface area (Å²) in [6.45, 7) is 8.11. The number of thioether (sulfide) groups is 1. The van der Waals surface area contributed by atoms with E-state index >= 15 is 0 Å². The van der Waals surface area contributed by atoms with E-state index in [1.165, 1.54) is 16.9 Å². The summed E-state index contributed by atoms with van der Waals surface area (Å²) < 4.78 is 0. The van der Waals surface area contributed by atoms with Crippen LogP contribution in [0.5, 0.6) is 0 Å². The van der Waals surface area contributed by atoms with Gasteiger partial charge in [-0.2, -0.15) is 5.26 Å². The number of hydrogen-bond donors (Lipinski definition) is 1. The van der Waals surface area contributed by atoms with E-state index in [1.54, 1.807) is 0 Å². The Morgan fingerprint density at radius 3 is 2.80 bits per heavy atom. The second-order valence-electron chi connectivity index (χ2n) is 5.73. The summed E-state index contributed by atoms with van der Waals surface area (Å²) in [6.07, 6.45) is 3.29. The van der Waals surface area contributed by atoms with Gasteiger partial charge in [-0.3, -0.25) is 0 Å². The molecule has 0 fully saturated rings. The van der Waals surface area contributed by atoms with Gasteiger partial charge in [-0.25, -0.2) is 0 Å². The fourth-order valence-corrected chi connectivity index (χ4v) is 2.92. The Balaban J connectivity index is 2.27. The number of nitriles is 1. The van der Waals surface area contributed by atoms with E-state index in [0.717, 1.165) is 31.7 Å². The SMILES string of the molecule is CCNCc1cccc(SCCCCC(C)(C)C#N)c1. The molecular formula is C17H26N2S. The van der Waals surface area contributed by atoms with E-state index in [1.807, 2.05) is 25.6 Å². The molecule has 0 aliphatic heterocycles. The second-order valence-corrected chi connectivity index (χ2v) is 6.90. The van der Waals surface area contributed by atoms with Crippen LogP contribution < -0.4 is 5.32 Å². The topological polar surface area (TPSA) is 35.8 Å². The van der Waals surface area contributed by atoms with Crippen LogP contribution in [0.4, 0.5) is 0 Å². The van der Waals surface area contributed by atoms with E-state index < -0.39 is 0 Å². The van der Waals surface area contributed by atoms with Gasteiger partial charge in [0.15, 0.2) is 0 Å². The first-order chi connectivity index (χ1) is 9.57. The Morgan fingerprint density at radius 2 is 2.10 bits per heavy atom. The van der Waals surface area contributed by atoms with Gasteiger partial charge < -0.3 is 5.32 Å². The zero-order valence-electron chi connectivity index (χ0n) is 12.9. The molecule has 1 aromatic rings. The third-order valence-electron chi connectivity index (χ3n) is 3.25. The van der Waals surface area contributed by atoms with Crippen molar-refractivity contribution in [1.29, 1.82) is 5.26 Å². The van der Waals surface area contributed by atoms with Crippen LogP contribution in [-0.2, 0) is 6.54 Å². The predicted molar refractivity (Wildman–Crippen MR) is 87.8 cm³/mol. The lowest BCUT2D eigenvalue weighted by molar-refractivity contribution is 0.433. The molecule has 1 aromatic carbocycles. The van der Waals surface area contributed by atoms with Gasteiger partial charge in [-0.1, -0.05) is 25.5 Å². The van der Waals surface area contributed by atoms with Crippen LogP contribution in [0, 0.1) is 16.7 Å². The monoisotopic (exact) mass is 290 g/mol. The highest BCUT2D eigenvalue weighted by molar-refractivity contribution is 7.99. The molecule has 0 spiro atoms. The molecule has 110 valence electrons. The summed E-state index contributed by atoms with van der Waals surface area (Å²) in [6, 6.07) is 11.1. The standard InChI is InChI=1S/C17H26N2S/c1-4-19-13-15-8-7-9-16(12-15)20-11-6-5-10-17(2,3)14-18/h7-9,12,19H,4-6,10-11,13H2,1-3H3.